The van der Waals surface area contributed by atoms with Gasteiger partial charge in [-0.05, 0) is 38.5 Å². The second-order valence-corrected chi connectivity index (χ2v) is 9.08. The molecule has 3 aromatic rings. The number of sulfonamides is 1. The van der Waals surface area contributed by atoms with Crippen LogP contribution in [-0.4, -0.2) is 56.7 Å². The van der Waals surface area contributed by atoms with Crippen LogP contribution in [-0.2, 0) is 19.6 Å². The van der Waals surface area contributed by atoms with Crippen molar-refractivity contribution in [2.45, 2.75) is 37.4 Å². The Morgan fingerprint density at radius 1 is 1.18 bits per heavy atom. The lowest BCUT2D eigenvalue weighted by molar-refractivity contribution is -0.192. The first kappa shape index (κ1) is 26.5. The van der Waals surface area contributed by atoms with E-state index in [0.717, 1.165) is 5.56 Å². The third kappa shape index (κ3) is 5.76. The van der Waals surface area contributed by atoms with E-state index in [1.807, 2.05) is 6.92 Å². The molecule has 0 unspecified atom stereocenters. The summed E-state index contributed by atoms with van der Waals surface area (Å²) in [5.74, 6) is -3.33. The number of primary amides is 1. The van der Waals surface area contributed by atoms with Gasteiger partial charge < -0.3 is 16.6 Å². The summed E-state index contributed by atoms with van der Waals surface area (Å²) in [5.41, 5.74) is 12.0. The van der Waals surface area contributed by atoms with Gasteiger partial charge in [-0.15, -0.1) is 0 Å². The van der Waals surface area contributed by atoms with Gasteiger partial charge in [0.15, 0.2) is 11.5 Å². The minimum absolute atomic E-state index is 0.0191. The number of alkyl halides is 3. The Balaban J connectivity index is 0.000000509. The van der Waals surface area contributed by atoms with Crippen molar-refractivity contribution in [2.75, 3.05) is 5.73 Å². The molecule has 0 spiro atoms. The van der Waals surface area contributed by atoms with Crippen LogP contribution in [0.4, 0.5) is 19.0 Å². The molecule has 16 heteroatoms. The standard InChI is InChI=1S/C16H19N7O3S.C2HF3O2/c1-9-4-5-10(27(25,26)22-16(2,3)15(18)24)6-11(9)12-7-19-14-13(17)20-8-21-23(12)14;3-2(4,5)1(6)7/h4-8,22H,1-3H3,(H2,18,24)(H2,17,20,21);(H,6,7). The van der Waals surface area contributed by atoms with E-state index in [1.54, 1.807) is 12.3 Å². The topological polar surface area (TPSA) is 196 Å². The maximum absolute atomic E-state index is 12.7. The van der Waals surface area contributed by atoms with E-state index >= 15 is 0 Å². The molecule has 0 aliphatic rings. The van der Waals surface area contributed by atoms with Crippen molar-refractivity contribution >= 4 is 33.4 Å². The highest BCUT2D eigenvalue weighted by molar-refractivity contribution is 7.89. The minimum Gasteiger partial charge on any atom is -0.475 e. The number of benzene rings is 1. The van der Waals surface area contributed by atoms with Crippen LogP contribution in [0.25, 0.3) is 16.9 Å². The lowest BCUT2D eigenvalue weighted by atomic mass is 10.1. The number of imidazole rings is 1. The number of carboxylic acid groups (broad SMARTS) is 1. The van der Waals surface area contributed by atoms with Crippen LogP contribution in [0.1, 0.15) is 19.4 Å². The number of nitrogens with two attached hydrogens (primary N) is 2. The number of fused-ring (bicyclic) bond motifs is 1. The monoisotopic (exact) mass is 503 g/mol. The first-order valence-electron chi connectivity index (χ1n) is 9.16. The van der Waals surface area contributed by atoms with Gasteiger partial charge in [0.2, 0.25) is 15.9 Å². The summed E-state index contributed by atoms with van der Waals surface area (Å²) in [4.78, 5) is 28.4. The molecule has 0 fully saturated rings. The Kier molecular flexibility index (Phi) is 7.18. The first-order valence-corrected chi connectivity index (χ1v) is 10.6. The molecule has 0 bridgehead atoms. The third-order valence-corrected chi connectivity index (χ3v) is 6.03. The van der Waals surface area contributed by atoms with Gasteiger partial charge in [-0.3, -0.25) is 4.79 Å². The molecule has 184 valence electrons. The SMILES string of the molecule is Cc1ccc(S(=O)(=O)NC(C)(C)C(N)=O)cc1-c1cnc2c(N)ncnn12.O=C(O)C(F)(F)F. The summed E-state index contributed by atoms with van der Waals surface area (Å²) in [6.07, 6.45) is -2.25. The molecule has 0 saturated heterocycles. The zero-order valence-electron chi connectivity index (χ0n) is 18.0. The molecule has 6 N–H and O–H groups in total. The van der Waals surface area contributed by atoms with Crippen LogP contribution in [0.5, 0.6) is 0 Å². The number of aliphatic carboxylic acids is 1. The van der Waals surface area contributed by atoms with Gasteiger partial charge in [0.1, 0.15) is 11.9 Å². The predicted molar refractivity (Wildman–Crippen MR) is 113 cm³/mol. The number of nitrogen functional groups attached to an aromatic ring is 1. The molecule has 0 aliphatic carbocycles. The van der Waals surface area contributed by atoms with Gasteiger partial charge >= 0.3 is 12.1 Å². The first-order chi connectivity index (χ1) is 15.5. The van der Waals surface area contributed by atoms with Crippen LogP contribution in [0.15, 0.2) is 35.6 Å². The predicted octanol–water partition coefficient (Wildman–Crippen LogP) is 0.857. The number of anilines is 1. The molecule has 0 radical (unpaired) electrons. The summed E-state index contributed by atoms with van der Waals surface area (Å²) in [5, 5.41) is 11.3. The number of amides is 1. The Morgan fingerprint density at radius 3 is 2.29 bits per heavy atom. The molecule has 12 nitrogen and oxygen atoms in total. The molecule has 0 atom stereocenters. The number of aryl methyl sites for hydroxylation is 1. The number of hydrogen-bond acceptors (Lipinski definition) is 8. The maximum atomic E-state index is 12.7. The van der Waals surface area contributed by atoms with Crippen molar-refractivity contribution in [1.29, 1.82) is 0 Å². The van der Waals surface area contributed by atoms with Crippen LogP contribution >= 0.6 is 0 Å². The Hall–Kier alpha value is -3.79. The van der Waals surface area contributed by atoms with Crippen molar-refractivity contribution in [3.63, 3.8) is 0 Å². The lowest BCUT2D eigenvalue weighted by Gasteiger charge is -2.22. The number of hydrogen-bond donors (Lipinski definition) is 4. The second kappa shape index (κ2) is 9.22. The number of nitrogens with zero attached hydrogens (tertiary/aromatic N) is 4. The zero-order chi connectivity index (χ0) is 26.1. The van der Waals surface area contributed by atoms with Gasteiger partial charge in [-0.1, -0.05) is 6.07 Å². The molecular weight excluding hydrogens is 483 g/mol. The number of halogens is 3. The van der Waals surface area contributed by atoms with Gasteiger partial charge in [0.05, 0.1) is 16.8 Å². The maximum Gasteiger partial charge on any atom is 0.490 e. The molecule has 34 heavy (non-hydrogen) atoms. The summed E-state index contributed by atoms with van der Waals surface area (Å²) in [7, 11) is -3.99. The van der Waals surface area contributed by atoms with Crippen molar-refractivity contribution in [2.24, 2.45) is 5.73 Å². The number of nitrogens with one attached hydrogen (secondary N) is 1. The van der Waals surface area contributed by atoms with Gasteiger partial charge in [-0.25, -0.2) is 27.7 Å². The Bertz CT molecular complexity index is 1350. The quantitative estimate of drug-likeness (QED) is 0.390. The molecule has 0 saturated carbocycles. The molecule has 3 rings (SSSR count). The molecule has 1 aromatic carbocycles. The average molecular weight is 503 g/mol. The van der Waals surface area contributed by atoms with Crippen molar-refractivity contribution < 1.29 is 36.3 Å². The van der Waals surface area contributed by atoms with E-state index in [4.69, 9.17) is 21.4 Å². The molecule has 2 heterocycles. The van der Waals surface area contributed by atoms with Crippen LogP contribution in [0.2, 0.25) is 0 Å². The average Bonchev–Trinajstić information content (AvgIpc) is 3.12. The van der Waals surface area contributed by atoms with E-state index in [9.17, 15) is 26.4 Å². The Morgan fingerprint density at radius 2 is 1.76 bits per heavy atom. The minimum atomic E-state index is -5.08. The smallest absolute Gasteiger partial charge is 0.475 e. The van der Waals surface area contributed by atoms with Crippen molar-refractivity contribution in [3.8, 4) is 11.3 Å². The summed E-state index contributed by atoms with van der Waals surface area (Å²) < 4.78 is 61.0. The highest BCUT2D eigenvalue weighted by atomic mass is 32.2. The van der Waals surface area contributed by atoms with Crippen LogP contribution in [0.3, 0.4) is 0 Å². The van der Waals surface area contributed by atoms with Gasteiger partial charge in [0, 0.05) is 5.56 Å². The summed E-state index contributed by atoms with van der Waals surface area (Å²) in [6, 6.07) is 4.59. The fourth-order valence-electron chi connectivity index (χ4n) is 2.51. The van der Waals surface area contributed by atoms with E-state index in [0.29, 0.717) is 16.9 Å². The molecule has 0 aliphatic heterocycles. The number of aromatic nitrogens is 4. The van der Waals surface area contributed by atoms with Gasteiger partial charge in [0.25, 0.3) is 0 Å². The van der Waals surface area contributed by atoms with Crippen LogP contribution < -0.4 is 16.2 Å². The number of carbonyl (C=O) groups is 2. The molecule has 1 amide bonds. The summed E-state index contributed by atoms with van der Waals surface area (Å²) in [6.45, 7) is 4.62. The van der Waals surface area contributed by atoms with E-state index in [2.05, 4.69) is 19.8 Å². The van der Waals surface area contributed by atoms with E-state index in [1.165, 1.54) is 36.8 Å². The number of carboxylic acids is 1. The van der Waals surface area contributed by atoms with Crippen molar-refractivity contribution in [1.82, 2.24) is 24.3 Å². The zero-order valence-corrected chi connectivity index (χ0v) is 18.8. The fourth-order valence-corrected chi connectivity index (χ4v) is 3.92. The highest BCUT2D eigenvalue weighted by Gasteiger charge is 2.38. The number of rotatable bonds is 5. The van der Waals surface area contributed by atoms with Crippen molar-refractivity contribution in [3.05, 3.63) is 36.3 Å². The Labute approximate surface area is 190 Å². The number of carbonyl (C=O) groups excluding carboxylic acids is 1. The van der Waals surface area contributed by atoms with Gasteiger partial charge in [-0.2, -0.15) is 23.0 Å². The normalized spacial score (nSPS) is 12.2. The largest absolute Gasteiger partial charge is 0.490 e. The van der Waals surface area contributed by atoms with E-state index < -0.39 is 33.6 Å². The fraction of sp³-hybridized carbons (Fsp3) is 0.278. The lowest BCUT2D eigenvalue weighted by Crippen LogP contribution is -2.52. The summed E-state index contributed by atoms with van der Waals surface area (Å²) >= 11 is 0. The molecular formula is C18H20F3N7O5S. The molecule has 2 aromatic heterocycles. The van der Waals surface area contributed by atoms with Crippen LogP contribution in [0, 0.1) is 6.92 Å². The van der Waals surface area contributed by atoms with E-state index in [-0.39, 0.29) is 10.7 Å². The highest BCUT2D eigenvalue weighted by Crippen LogP contribution is 2.28. The third-order valence-electron chi connectivity index (χ3n) is 4.37. The second-order valence-electron chi connectivity index (χ2n) is 7.40.